The van der Waals surface area contributed by atoms with Gasteiger partial charge >= 0.3 is 0 Å². The second kappa shape index (κ2) is 14.0. The third-order valence-corrected chi connectivity index (χ3v) is 8.77. The summed E-state index contributed by atoms with van der Waals surface area (Å²) in [6, 6.07) is 10.7. The van der Waals surface area contributed by atoms with Crippen LogP contribution in [-0.4, -0.2) is 75.8 Å². The monoisotopic (exact) mass is 631 g/mol. The van der Waals surface area contributed by atoms with Crippen LogP contribution in [0.5, 0.6) is 0 Å². The predicted molar refractivity (Wildman–Crippen MR) is 176 cm³/mol. The number of amides is 3. The summed E-state index contributed by atoms with van der Waals surface area (Å²) >= 11 is 7.97. The van der Waals surface area contributed by atoms with Crippen LogP contribution in [-0.2, 0) is 9.59 Å². The van der Waals surface area contributed by atoms with Crippen molar-refractivity contribution < 1.29 is 14.4 Å². The molecule has 4 heterocycles. The first kappa shape index (κ1) is 31.1. The highest BCUT2D eigenvalue weighted by Crippen LogP contribution is 2.37. The van der Waals surface area contributed by atoms with Crippen LogP contribution in [0, 0.1) is 0 Å². The number of carbonyl (C=O) groups excluding carboxylic acids is 3. The lowest BCUT2D eigenvalue weighted by Gasteiger charge is -2.26. The van der Waals surface area contributed by atoms with Gasteiger partial charge in [0.05, 0.1) is 27.8 Å². The van der Waals surface area contributed by atoms with Crippen LogP contribution in [0.3, 0.4) is 0 Å². The van der Waals surface area contributed by atoms with Crippen molar-refractivity contribution in [1.29, 1.82) is 0 Å². The largest absolute Gasteiger partial charge is 0.337 e. The van der Waals surface area contributed by atoms with E-state index in [0.29, 0.717) is 52.2 Å². The standard InChI is InChI=1S/C32H34ClN7O3S/c1-4-27(41)35-25-19-26(21-13-15-34-16-14-21)44-30(25)31(43)37-32-36-24-11-7-10-23(33)29(24)40(32)22-9-5-6-18-39(20-22)28(42)12-8-17-38(2)3/h4,7-8,10-16,19,22H,1,5-6,9,17-18,20H2,2-3H3,(H,35,41)(H,36,37,43)/b12-8+/t22-/m1/s1. The molecule has 3 amide bonds. The molecule has 1 saturated heterocycles. The highest BCUT2D eigenvalue weighted by atomic mass is 35.5. The van der Waals surface area contributed by atoms with Crippen molar-refractivity contribution in [3.63, 3.8) is 0 Å². The molecule has 1 aliphatic heterocycles. The van der Waals surface area contributed by atoms with Crippen LogP contribution in [0.15, 0.2) is 73.6 Å². The second-order valence-corrected chi connectivity index (χ2v) is 12.2. The molecule has 228 valence electrons. The van der Waals surface area contributed by atoms with E-state index in [4.69, 9.17) is 16.6 Å². The van der Waals surface area contributed by atoms with Gasteiger partial charge < -0.3 is 19.7 Å². The lowest BCUT2D eigenvalue weighted by molar-refractivity contribution is -0.126. The maximum Gasteiger partial charge on any atom is 0.270 e. The molecular formula is C32H34ClN7O3S. The fraction of sp³-hybridized carbons (Fsp3) is 0.281. The average molecular weight is 632 g/mol. The summed E-state index contributed by atoms with van der Waals surface area (Å²) in [5.41, 5.74) is 2.54. The minimum absolute atomic E-state index is 0.0512. The number of pyridine rings is 1. The number of imidazole rings is 1. The number of nitrogens with zero attached hydrogens (tertiary/aromatic N) is 5. The molecule has 1 aliphatic rings. The van der Waals surface area contributed by atoms with E-state index in [9.17, 15) is 14.4 Å². The van der Waals surface area contributed by atoms with E-state index in [0.717, 1.165) is 35.8 Å². The second-order valence-electron chi connectivity index (χ2n) is 10.7. The van der Waals surface area contributed by atoms with Crippen molar-refractivity contribution >= 4 is 63.3 Å². The van der Waals surface area contributed by atoms with Crippen molar-refractivity contribution in [2.75, 3.05) is 44.4 Å². The number of hydrogen-bond donors (Lipinski definition) is 2. The highest BCUT2D eigenvalue weighted by molar-refractivity contribution is 7.18. The van der Waals surface area contributed by atoms with Gasteiger partial charge in [-0.3, -0.25) is 24.7 Å². The van der Waals surface area contributed by atoms with E-state index >= 15 is 0 Å². The number of hydrogen-bond acceptors (Lipinski definition) is 7. The number of benzene rings is 1. The number of aromatic nitrogens is 3. The van der Waals surface area contributed by atoms with Gasteiger partial charge in [0.1, 0.15) is 4.88 Å². The number of likely N-dealkylation sites (N-methyl/N-ethyl adjacent to an activating group) is 1. The quantitative estimate of drug-likeness (QED) is 0.224. The number of para-hydroxylation sites is 1. The molecule has 0 saturated carbocycles. The first-order chi connectivity index (χ1) is 21.2. The predicted octanol–water partition coefficient (Wildman–Crippen LogP) is 5.86. The van der Waals surface area contributed by atoms with E-state index < -0.39 is 11.8 Å². The molecule has 3 aromatic heterocycles. The first-order valence-corrected chi connectivity index (χ1v) is 15.5. The number of halogens is 1. The van der Waals surface area contributed by atoms with Crippen LogP contribution in [0.25, 0.3) is 21.5 Å². The number of fused-ring (bicyclic) bond motifs is 1. The minimum atomic E-state index is -0.435. The fourth-order valence-corrected chi connectivity index (χ4v) is 6.48. The maximum absolute atomic E-state index is 13.9. The Morgan fingerprint density at radius 2 is 1.95 bits per heavy atom. The first-order valence-electron chi connectivity index (χ1n) is 14.3. The summed E-state index contributed by atoms with van der Waals surface area (Å²) < 4.78 is 1.95. The Morgan fingerprint density at radius 3 is 2.70 bits per heavy atom. The molecule has 5 rings (SSSR count). The topological polar surface area (TPSA) is 112 Å². The fourth-order valence-electron chi connectivity index (χ4n) is 5.20. The highest BCUT2D eigenvalue weighted by Gasteiger charge is 2.28. The Kier molecular flexibility index (Phi) is 9.89. The van der Waals surface area contributed by atoms with E-state index in [1.807, 2.05) is 58.8 Å². The molecule has 0 unspecified atom stereocenters. The molecule has 1 fully saturated rings. The zero-order chi connectivity index (χ0) is 31.2. The summed E-state index contributed by atoms with van der Waals surface area (Å²) in [5, 5.41) is 6.26. The molecule has 44 heavy (non-hydrogen) atoms. The molecule has 4 aromatic rings. The summed E-state index contributed by atoms with van der Waals surface area (Å²) in [7, 11) is 3.90. The van der Waals surface area contributed by atoms with E-state index in [-0.39, 0.29) is 11.9 Å². The van der Waals surface area contributed by atoms with Gasteiger partial charge in [0.15, 0.2) is 0 Å². The average Bonchev–Trinajstić information content (AvgIpc) is 3.50. The van der Waals surface area contributed by atoms with Crippen LogP contribution in [0.1, 0.15) is 35.0 Å². The van der Waals surface area contributed by atoms with Crippen molar-refractivity contribution in [3.8, 4) is 10.4 Å². The smallest absolute Gasteiger partial charge is 0.270 e. The summed E-state index contributed by atoms with van der Waals surface area (Å²) in [6.45, 7) is 5.28. The SMILES string of the molecule is C=CC(=O)Nc1cc(-c2ccncc2)sc1C(=O)Nc1nc2cccc(Cl)c2n1[C@@H]1CCCCN(C(=O)/C=C/CN(C)C)C1. The number of nitrogens with one attached hydrogen (secondary N) is 2. The molecule has 1 atom stereocenters. The third kappa shape index (κ3) is 7.07. The Hall–Kier alpha value is -4.32. The summed E-state index contributed by atoms with van der Waals surface area (Å²) in [6.07, 6.45) is 10.5. The van der Waals surface area contributed by atoms with Gasteiger partial charge in [-0.15, -0.1) is 11.3 Å². The third-order valence-electron chi connectivity index (χ3n) is 7.29. The van der Waals surface area contributed by atoms with Crippen LogP contribution >= 0.6 is 22.9 Å². The Balaban J connectivity index is 1.51. The molecule has 0 bridgehead atoms. The maximum atomic E-state index is 13.9. The zero-order valence-electron chi connectivity index (χ0n) is 24.6. The zero-order valence-corrected chi connectivity index (χ0v) is 26.2. The van der Waals surface area contributed by atoms with E-state index in [2.05, 4.69) is 22.2 Å². The van der Waals surface area contributed by atoms with Gasteiger partial charge in [0.2, 0.25) is 17.8 Å². The van der Waals surface area contributed by atoms with Crippen molar-refractivity contribution in [1.82, 2.24) is 24.3 Å². The van der Waals surface area contributed by atoms with E-state index in [1.165, 1.54) is 11.3 Å². The Labute approximate surface area is 265 Å². The van der Waals surface area contributed by atoms with Crippen LogP contribution in [0.4, 0.5) is 11.6 Å². The number of anilines is 2. The lowest BCUT2D eigenvalue weighted by Crippen LogP contribution is -2.34. The van der Waals surface area contributed by atoms with Crippen molar-refractivity contribution in [2.24, 2.45) is 0 Å². The molecule has 1 aromatic carbocycles. The molecule has 12 heteroatoms. The number of rotatable bonds is 9. The number of thiophene rings is 1. The minimum Gasteiger partial charge on any atom is -0.337 e. The molecular weight excluding hydrogens is 598 g/mol. The van der Waals surface area contributed by atoms with E-state index in [1.54, 1.807) is 30.6 Å². The van der Waals surface area contributed by atoms with Gasteiger partial charge in [0.25, 0.3) is 5.91 Å². The Bertz CT molecular complexity index is 1710. The van der Waals surface area contributed by atoms with Gasteiger partial charge in [-0.1, -0.05) is 30.3 Å². The number of likely N-dealkylation sites (tertiary alicyclic amines) is 1. The summed E-state index contributed by atoms with van der Waals surface area (Å²) in [4.78, 5) is 53.1. The number of carbonyl (C=O) groups is 3. The molecule has 10 nitrogen and oxygen atoms in total. The molecule has 0 radical (unpaired) electrons. The van der Waals surface area contributed by atoms with Crippen molar-refractivity contribution in [2.45, 2.75) is 25.3 Å². The normalized spacial score (nSPS) is 15.5. The van der Waals surface area contributed by atoms with Gasteiger partial charge in [0, 0.05) is 43.0 Å². The van der Waals surface area contributed by atoms with Crippen LogP contribution in [0.2, 0.25) is 5.02 Å². The summed E-state index contributed by atoms with van der Waals surface area (Å²) in [5.74, 6) is -0.597. The van der Waals surface area contributed by atoms with Gasteiger partial charge in [-0.25, -0.2) is 4.98 Å². The van der Waals surface area contributed by atoms with Gasteiger partial charge in [-0.05, 0) is 75.3 Å². The Morgan fingerprint density at radius 1 is 1.16 bits per heavy atom. The van der Waals surface area contributed by atoms with Crippen LogP contribution < -0.4 is 10.6 Å². The van der Waals surface area contributed by atoms with Gasteiger partial charge in [-0.2, -0.15) is 0 Å². The molecule has 2 N–H and O–H groups in total. The molecule has 0 spiro atoms. The molecule has 0 aliphatic carbocycles. The van der Waals surface area contributed by atoms with Crippen molar-refractivity contribution in [3.05, 3.63) is 83.5 Å². The lowest BCUT2D eigenvalue weighted by atomic mass is 10.1.